The highest BCUT2D eigenvalue weighted by Crippen LogP contribution is 2.25. The summed E-state index contributed by atoms with van der Waals surface area (Å²) < 4.78 is 5.18. The Morgan fingerprint density at radius 3 is 2.50 bits per heavy atom. The molecule has 1 rings (SSSR count). The number of hydrogen-bond donors (Lipinski definition) is 0. The van der Waals surface area contributed by atoms with Crippen LogP contribution in [-0.2, 0) is 11.2 Å². The maximum absolute atomic E-state index is 10.9. The lowest BCUT2D eigenvalue weighted by molar-refractivity contribution is -0.131. The maximum atomic E-state index is 10.9. The molecule has 0 aliphatic heterocycles. The summed E-state index contributed by atoms with van der Waals surface area (Å²) in [6.07, 6.45) is 0.880. The van der Waals surface area contributed by atoms with E-state index in [1.807, 2.05) is 19.9 Å². The Hall–Kier alpha value is -1.31. The normalized spacial score (nSPS) is 10.0. The van der Waals surface area contributed by atoms with E-state index in [1.165, 1.54) is 12.5 Å². The molecule has 76 valence electrons. The summed E-state index contributed by atoms with van der Waals surface area (Å²) in [4.78, 5) is 10.9. The molecule has 0 radical (unpaired) electrons. The van der Waals surface area contributed by atoms with Gasteiger partial charge < -0.3 is 4.74 Å². The first-order valence-electron chi connectivity index (χ1n) is 4.83. The van der Waals surface area contributed by atoms with Crippen molar-refractivity contribution in [2.45, 2.75) is 34.1 Å². The van der Waals surface area contributed by atoms with E-state index in [1.54, 1.807) is 0 Å². The predicted molar refractivity (Wildman–Crippen MR) is 56.6 cm³/mol. The Kier molecular flexibility index (Phi) is 3.28. The minimum Gasteiger partial charge on any atom is -0.426 e. The van der Waals surface area contributed by atoms with E-state index >= 15 is 0 Å². The minimum atomic E-state index is -0.258. The summed E-state index contributed by atoms with van der Waals surface area (Å²) in [5, 5.41) is 0. The highest BCUT2D eigenvalue weighted by molar-refractivity contribution is 5.70. The maximum Gasteiger partial charge on any atom is 0.308 e. The van der Waals surface area contributed by atoms with E-state index in [0.717, 1.165) is 23.3 Å². The van der Waals surface area contributed by atoms with Crippen LogP contribution in [0.5, 0.6) is 5.75 Å². The third-order valence-electron chi connectivity index (χ3n) is 2.12. The summed E-state index contributed by atoms with van der Waals surface area (Å²) in [6.45, 7) is 7.49. The topological polar surface area (TPSA) is 26.3 Å². The Morgan fingerprint density at radius 2 is 2.00 bits per heavy atom. The number of ether oxygens (including phenoxy) is 1. The van der Waals surface area contributed by atoms with Gasteiger partial charge in [-0.25, -0.2) is 0 Å². The smallest absolute Gasteiger partial charge is 0.308 e. The van der Waals surface area contributed by atoms with Gasteiger partial charge in [-0.15, -0.1) is 0 Å². The van der Waals surface area contributed by atoms with Crippen molar-refractivity contribution in [3.63, 3.8) is 0 Å². The average Bonchev–Trinajstić information content (AvgIpc) is 2.08. The lowest BCUT2D eigenvalue weighted by atomic mass is 10.0. The molecule has 2 nitrogen and oxygen atoms in total. The molecule has 0 saturated heterocycles. The standard InChI is InChI=1S/C12H16O2/c1-5-11-7-8(2)6-9(3)12(11)14-10(4)13/h6-7H,5H2,1-4H3. The molecule has 0 aromatic heterocycles. The van der Waals surface area contributed by atoms with Gasteiger partial charge in [-0.05, 0) is 31.4 Å². The zero-order chi connectivity index (χ0) is 10.7. The van der Waals surface area contributed by atoms with Gasteiger partial charge in [0.15, 0.2) is 0 Å². The second-order valence-electron chi connectivity index (χ2n) is 3.52. The molecule has 0 aliphatic carbocycles. The predicted octanol–water partition coefficient (Wildman–Crippen LogP) is 2.79. The van der Waals surface area contributed by atoms with Crippen LogP contribution in [0.3, 0.4) is 0 Å². The summed E-state index contributed by atoms with van der Waals surface area (Å²) >= 11 is 0. The molecule has 0 N–H and O–H groups in total. The Morgan fingerprint density at radius 1 is 1.36 bits per heavy atom. The molecule has 0 saturated carbocycles. The van der Waals surface area contributed by atoms with Crippen LogP contribution in [-0.4, -0.2) is 5.97 Å². The highest BCUT2D eigenvalue weighted by Gasteiger charge is 2.08. The van der Waals surface area contributed by atoms with Gasteiger partial charge in [-0.3, -0.25) is 4.79 Å². The van der Waals surface area contributed by atoms with Gasteiger partial charge in [0.1, 0.15) is 5.75 Å². The highest BCUT2D eigenvalue weighted by atomic mass is 16.5. The van der Waals surface area contributed by atoms with Crippen LogP contribution in [0.4, 0.5) is 0 Å². The van der Waals surface area contributed by atoms with Crippen LogP contribution in [0.2, 0.25) is 0 Å². The zero-order valence-electron chi connectivity index (χ0n) is 9.18. The summed E-state index contributed by atoms with van der Waals surface area (Å²) in [5.41, 5.74) is 3.32. The van der Waals surface area contributed by atoms with Crippen molar-refractivity contribution in [1.29, 1.82) is 0 Å². The molecule has 0 heterocycles. The average molecular weight is 192 g/mol. The number of carbonyl (C=O) groups is 1. The minimum absolute atomic E-state index is 0.258. The van der Waals surface area contributed by atoms with Gasteiger partial charge in [-0.1, -0.05) is 24.6 Å². The molecule has 14 heavy (non-hydrogen) atoms. The quantitative estimate of drug-likeness (QED) is 0.532. The molecule has 0 amide bonds. The zero-order valence-corrected chi connectivity index (χ0v) is 9.18. The monoisotopic (exact) mass is 192 g/mol. The number of aryl methyl sites for hydroxylation is 3. The molecular weight excluding hydrogens is 176 g/mol. The molecule has 2 heteroatoms. The van der Waals surface area contributed by atoms with Crippen molar-refractivity contribution < 1.29 is 9.53 Å². The van der Waals surface area contributed by atoms with Gasteiger partial charge in [0.25, 0.3) is 0 Å². The van der Waals surface area contributed by atoms with E-state index in [4.69, 9.17) is 4.74 Å². The third kappa shape index (κ3) is 2.34. The Labute approximate surface area is 84.9 Å². The van der Waals surface area contributed by atoms with Crippen LogP contribution in [0.15, 0.2) is 12.1 Å². The first kappa shape index (κ1) is 10.8. The number of carbonyl (C=O) groups excluding carboxylic acids is 1. The van der Waals surface area contributed by atoms with Crippen molar-refractivity contribution in [2.75, 3.05) is 0 Å². The molecule has 0 atom stereocenters. The summed E-state index contributed by atoms with van der Waals surface area (Å²) in [5.74, 6) is 0.470. The number of esters is 1. The van der Waals surface area contributed by atoms with E-state index in [9.17, 15) is 4.79 Å². The van der Waals surface area contributed by atoms with Gasteiger partial charge in [0.2, 0.25) is 0 Å². The molecular formula is C12H16O2. The number of rotatable bonds is 2. The van der Waals surface area contributed by atoms with Crippen LogP contribution in [0.1, 0.15) is 30.5 Å². The molecule has 1 aromatic rings. The lowest BCUT2D eigenvalue weighted by Crippen LogP contribution is -2.05. The van der Waals surface area contributed by atoms with Crippen molar-refractivity contribution in [1.82, 2.24) is 0 Å². The SMILES string of the molecule is CCc1cc(C)cc(C)c1OC(C)=O. The van der Waals surface area contributed by atoms with Gasteiger partial charge >= 0.3 is 5.97 Å². The van der Waals surface area contributed by atoms with Gasteiger partial charge in [0.05, 0.1) is 0 Å². The molecule has 0 bridgehead atoms. The fourth-order valence-corrected chi connectivity index (χ4v) is 1.59. The van der Waals surface area contributed by atoms with Crippen molar-refractivity contribution in [3.8, 4) is 5.75 Å². The fraction of sp³-hybridized carbons (Fsp3) is 0.417. The third-order valence-corrected chi connectivity index (χ3v) is 2.12. The van der Waals surface area contributed by atoms with Crippen LogP contribution in [0, 0.1) is 13.8 Å². The molecule has 0 fully saturated rings. The number of benzene rings is 1. The van der Waals surface area contributed by atoms with Crippen LogP contribution >= 0.6 is 0 Å². The van der Waals surface area contributed by atoms with Crippen LogP contribution in [0.25, 0.3) is 0 Å². The van der Waals surface area contributed by atoms with Crippen LogP contribution < -0.4 is 4.74 Å². The van der Waals surface area contributed by atoms with Crippen molar-refractivity contribution in [2.24, 2.45) is 0 Å². The van der Waals surface area contributed by atoms with E-state index in [-0.39, 0.29) is 5.97 Å². The molecule has 0 aliphatic rings. The molecule has 1 aromatic carbocycles. The lowest BCUT2D eigenvalue weighted by Gasteiger charge is -2.11. The molecule has 0 unspecified atom stereocenters. The Balaban J connectivity index is 3.18. The first-order chi connectivity index (χ1) is 6.54. The fourth-order valence-electron chi connectivity index (χ4n) is 1.59. The van der Waals surface area contributed by atoms with Crippen molar-refractivity contribution >= 4 is 5.97 Å². The van der Waals surface area contributed by atoms with E-state index in [2.05, 4.69) is 13.0 Å². The largest absolute Gasteiger partial charge is 0.426 e. The first-order valence-corrected chi connectivity index (χ1v) is 4.83. The molecule has 0 spiro atoms. The van der Waals surface area contributed by atoms with Gasteiger partial charge in [-0.2, -0.15) is 0 Å². The van der Waals surface area contributed by atoms with E-state index < -0.39 is 0 Å². The summed E-state index contributed by atoms with van der Waals surface area (Å²) in [7, 11) is 0. The Bertz CT molecular complexity index is 354. The second kappa shape index (κ2) is 4.27. The van der Waals surface area contributed by atoms with Gasteiger partial charge in [0, 0.05) is 6.92 Å². The van der Waals surface area contributed by atoms with E-state index in [0.29, 0.717) is 0 Å². The van der Waals surface area contributed by atoms with Crippen molar-refractivity contribution in [3.05, 3.63) is 28.8 Å². The summed E-state index contributed by atoms with van der Waals surface area (Å²) in [6, 6.07) is 4.09. The second-order valence-corrected chi connectivity index (χ2v) is 3.52. The number of hydrogen-bond acceptors (Lipinski definition) is 2.